The molecule has 1 aromatic carbocycles. The monoisotopic (exact) mass is 541 g/mol. The van der Waals surface area contributed by atoms with Crippen molar-refractivity contribution in [1.29, 1.82) is 0 Å². The molecule has 0 spiro atoms. The number of hydrogen-bond donors (Lipinski definition) is 2. The summed E-state index contributed by atoms with van der Waals surface area (Å²) < 4.78 is 47.1. The van der Waals surface area contributed by atoms with Gasteiger partial charge >= 0.3 is 0 Å². The Hall–Kier alpha value is -2.75. The number of fused-ring (bicyclic) bond motifs is 1. The van der Waals surface area contributed by atoms with Gasteiger partial charge in [0.25, 0.3) is 11.8 Å². The van der Waals surface area contributed by atoms with E-state index in [0.717, 1.165) is 4.90 Å². The highest BCUT2D eigenvalue weighted by Gasteiger charge is 2.46. The lowest BCUT2D eigenvalue weighted by atomic mass is 10.0. The SMILES string of the molecule is NCCOCCOCCOCCOCCS(=O)(=O)c1cccc2c1C(=O)N(C1CCC(=O)NC1=O)C2=O. The molecular formula is C23H31N3O10S. The Labute approximate surface area is 214 Å². The predicted octanol–water partition coefficient (Wildman–Crippen LogP) is -1.11. The number of rotatable bonds is 16. The van der Waals surface area contributed by atoms with E-state index >= 15 is 0 Å². The Bertz CT molecular complexity index is 1110. The number of carbonyl (C=O) groups excluding carboxylic acids is 4. The minimum atomic E-state index is -3.99. The maximum Gasteiger partial charge on any atom is 0.263 e. The number of sulfone groups is 1. The number of carbonyl (C=O) groups is 4. The molecule has 1 aromatic rings. The van der Waals surface area contributed by atoms with E-state index in [1.165, 1.54) is 18.2 Å². The molecule has 0 saturated carbocycles. The Balaban J connectivity index is 1.47. The Morgan fingerprint density at radius 2 is 1.46 bits per heavy atom. The van der Waals surface area contributed by atoms with Crippen molar-refractivity contribution in [2.75, 3.05) is 65.2 Å². The molecule has 3 N–H and O–H groups in total. The van der Waals surface area contributed by atoms with Crippen LogP contribution in [0.1, 0.15) is 33.6 Å². The molecule has 0 aromatic heterocycles. The lowest BCUT2D eigenvalue weighted by Gasteiger charge is -2.27. The fraction of sp³-hybridized carbons (Fsp3) is 0.565. The molecule has 1 unspecified atom stereocenters. The normalized spacial score (nSPS) is 17.9. The maximum absolute atomic E-state index is 13.1. The summed E-state index contributed by atoms with van der Waals surface area (Å²) in [6, 6.07) is 2.77. The van der Waals surface area contributed by atoms with Crippen LogP contribution in [0, 0.1) is 0 Å². The van der Waals surface area contributed by atoms with Gasteiger partial charge < -0.3 is 24.7 Å². The topological polar surface area (TPSA) is 181 Å². The second-order valence-corrected chi connectivity index (χ2v) is 10.3. The highest BCUT2D eigenvalue weighted by molar-refractivity contribution is 7.91. The zero-order chi connectivity index (χ0) is 26.8. The fourth-order valence-corrected chi connectivity index (χ4v) is 5.22. The number of imide groups is 2. The maximum atomic E-state index is 13.1. The van der Waals surface area contributed by atoms with E-state index in [0.29, 0.717) is 39.6 Å². The van der Waals surface area contributed by atoms with E-state index in [1.807, 2.05) is 0 Å². The first-order valence-corrected chi connectivity index (χ1v) is 13.5. The molecule has 13 nitrogen and oxygen atoms in total. The first-order valence-electron chi connectivity index (χ1n) is 11.9. The third-order valence-corrected chi connectivity index (χ3v) is 7.35. The van der Waals surface area contributed by atoms with Crippen LogP contribution < -0.4 is 11.1 Å². The van der Waals surface area contributed by atoms with Crippen molar-refractivity contribution in [3.05, 3.63) is 29.3 Å². The average Bonchev–Trinajstić information content (AvgIpc) is 3.12. The number of hydrogen-bond acceptors (Lipinski definition) is 11. The second-order valence-electron chi connectivity index (χ2n) is 8.18. The molecule has 0 bridgehead atoms. The highest BCUT2D eigenvalue weighted by Crippen LogP contribution is 2.32. The molecule has 1 saturated heterocycles. The quantitative estimate of drug-likeness (QED) is 0.191. The van der Waals surface area contributed by atoms with Crippen molar-refractivity contribution in [3.8, 4) is 0 Å². The number of benzene rings is 1. The van der Waals surface area contributed by atoms with Crippen molar-refractivity contribution in [2.24, 2.45) is 5.73 Å². The summed E-state index contributed by atoms with van der Waals surface area (Å²) in [4.78, 5) is 50.1. The van der Waals surface area contributed by atoms with Crippen LogP contribution in [0.15, 0.2) is 23.1 Å². The highest BCUT2D eigenvalue weighted by atomic mass is 32.2. The van der Waals surface area contributed by atoms with Gasteiger partial charge in [0.1, 0.15) is 6.04 Å². The minimum Gasteiger partial charge on any atom is -0.378 e. The zero-order valence-electron chi connectivity index (χ0n) is 20.3. The number of ether oxygens (including phenoxy) is 4. The summed E-state index contributed by atoms with van der Waals surface area (Å²) in [5.41, 5.74) is 4.94. The Morgan fingerprint density at radius 1 is 0.865 bits per heavy atom. The van der Waals surface area contributed by atoms with Gasteiger partial charge in [-0.25, -0.2) is 8.42 Å². The van der Waals surface area contributed by atoms with Crippen LogP contribution in [0.25, 0.3) is 0 Å². The molecule has 14 heteroatoms. The Kier molecular flexibility index (Phi) is 10.7. The number of nitrogens with one attached hydrogen (secondary N) is 1. The summed E-state index contributed by atoms with van der Waals surface area (Å²) >= 11 is 0. The number of piperidine rings is 1. The summed E-state index contributed by atoms with van der Waals surface area (Å²) in [5.74, 6) is -3.34. The largest absolute Gasteiger partial charge is 0.378 e. The number of nitrogens with two attached hydrogens (primary N) is 1. The first kappa shape index (κ1) is 28.8. The molecule has 2 aliphatic rings. The fourth-order valence-electron chi connectivity index (χ4n) is 3.87. The molecule has 204 valence electrons. The van der Waals surface area contributed by atoms with Crippen molar-refractivity contribution >= 4 is 33.5 Å². The van der Waals surface area contributed by atoms with Gasteiger partial charge in [0, 0.05) is 13.0 Å². The van der Waals surface area contributed by atoms with Gasteiger partial charge in [-0.15, -0.1) is 0 Å². The van der Waals surface area contributed by atoms with Crippen molar-refractivity contribution in [3.63, 3.8) is 0 Å². The zero-order valence-corrected chi connectivity index (χ0v) is 21.1. The van der Waals surface area contributed by atoms with Gasteiger partial charge in [-0.3, -0.25) is 29.4 Å². The van der Waals surface area contributed by atoms with Gasteiger partial charge in [-0.2, -0.15) is 0 Å². The molecular weight excluding hydrogens is 510 g/mol. The van der Waals surface area contributed by atoms with Crippen LogP contribution in [0.2, 0.25) is 0 Å². The summed E-state index contributed by atoms with van der Waals surface area (Å²) in [6.07, 6.45) is -0.0588. The van der Waals surface area contributed by atoms with Crippen LogP contribution in [0.4, 0.5) is 0 Å². The molecule has 3 rings (SSSR count). The van der Waals surface area contributed by atoms with E-state index in [9.17, 15) is 27.6 Å². The van der Waals surface area contributed by atoms with Crippen LogP contribution in [-0.2, 0) is 38.4 Å². The lowest BCUT2D eigenvalue weighted by Crippen LogP contribution is -2.54. The van der Waals surface area contributed by atoms with E-state index in [4.69, 9.17) is 24.7 Å². The molecule has 2 heterocycles. The lowest BCUT2D eigenvalue weighted by molar-refractivity contribution is -0.136. The summed E-state index contributed by atoms with van der Waals surface area (Å²) in [6.45, 7) is 2.78. The van der Waals surface area contributed by atoms with E-state index < -0.39 is 45.3 Å². The third-order valence-electron chi connectivity index (χ3n) is 5.64. The molecule has 2 aliphatic heterocycles. The molecule has 0 radical (unpaired) electrons. The smallest absolute Gasteiger partial charge is 0.263 e. The predicted molar refractivity (Wildman–Crippen MR) is 127 cm³/mol. The number of amides is 4. The molecule has 4 amide bonds. The van der Waals surface area contributed by atoms with Gasteiger partial charge in [0.15, 0.2) is 9.84 Å². The standard InChI is InChI=1S/C23H31N3O10S/c24-6-7-33-8-9-34-10-11-35-12-13-36-14-15-37(31,32)18-3-1-2-16-20(18)23(30)26(22(16)29)17-4-5-19(27)25-21(17)28/h1-3,17H,4-15,24H2,(H,25,27,28). The van der Waals surface area contributed by atoms with Gasteiger partial charge in [-0.05, 0) is 18.6 Å². The van der Waals surface area contributed by atoms with Gasteiger partial charge in [-0.1, -0.05) is 6.07 Å². The number of nitrogens with zero attached hydrogens (tertiary/aromatic N) is 1. The van der Waals surface area contributed by atoms with Crippen LogP contribution >= 0.6 is 0 Å². The van der Waals surface area contributed by atoms with Crippen molar-refractivity contribution in [1.82, 2.24) is 10.2 Å². The average molecular weight is 542 g/mol. The molecule has 37 heavy (non-hydrogen) atoms. The van der Waals surface area contributed by atoms with E-state index in [2.05, 4.69) is 5.32 Å². The third kappa shape index (κ3) is 7.40. The Morgan fingerprint density at radius 3 is 2.05 bits per heavy atom. The summed E-state index contributed by atoms with van der Waals surface area (Å²) in [7, 11) is -3.99. The minimum absolute atomic E-state index is 0.0243. The van der Waals surface area contributed by atoms with Gasteiger partial charge in [0.2, 0.25) is 11.8 Å². The van der Waals surface area contributed by atoms with E-state index in [1.54, 1.807) is 0 Å². The molecule has 0 aliphatic carbocycles. The summed E-state index contributed by atoms with van der Waals surface area (Å²) in [5, 5.41) is 2.10. The van der Waals surface area contributed by atoms with Crippen LogP contribution in [-0.4, -0.2) is 108 Å². The second kappa shape index (κ2) is 13.7. The van der Waals surface area contributed by atoms with Crippen molar-refractivity contribution < 1.29 is 46.5 Å². The van der Waals surface area contributed by atoms with Crippen molar-refractivity contribution in [2.45, 2.75) is 23.8 Å². The van der Waals surface area contributed by atoms with Crippen LogP contribution in [0.3, 0.4) is 0 Å². The van der Waals surface area contributed by atoms with Gasteiger partial charge in [0.05, 0.1) is 74.6 Å². The molecule has 1 atom stereocenters. The molecule has 1 fully saturated rings. The van der Waals surface area contributed by atoms with E-state index in [-0.39, 0.29) is 48.7 Å². The van der Waals surface area contributed by atoms with Crippen LogP contribution in [0.5, 0.6) is 0 Å². The first-order chi connectivity index (χ1) is 17.8.